The van der Waals surface area contributed by atoms with Crippen LogP contribution in [0, 0.1) is 0 Å². The molecule has 22 heavy (non-hydrogen) atoms. The second kappa shape index (κ2) is 4.26. The molecule has 0 amide bonds. The van der Waals surface area contributed by atoms with E-state index >= 15 is 0 Å². The number of rotatable bonds is 0. The van der Waals surface area contributed by atoms with E-state index in [1.165, 1.54) is 11.1 Å². The molecule has 2 aliphatic rings. The summed E-state index contributed by atoms with van der Waals surface area (Å²) in [5.74, 6) is 1.18. The van der Waals surface area contributed by atoms with Gasteiger partial charge in [0.2, 0.25) is 0 Å². The topological polar surface area (TPSA) is 18.5 Å². The minimum atomic E-state index is -0.669. The zero-order valence-corrected chi connectivity index (χ0v) is 12.2. The number of benzene rings is 3. The van der Waals surface area contributed by atoms with Crippen molar-refractivity contribution in [3.63, 3.8) is 0 Å². The minimum absolute atomic E-state index is 0.669. The Labute approximate surface area is 129 Å². The van der Waals surface area contributed by atoms with Gasteiger partial charge in [-0.25, -0.2) is 0 Å². The molecule has 1 heterocycles. The van der Waals surface area contributed by atoms with Gasteiger partial charge in [-0.1, -0.05) is 48.5 Å². The number of hydrogen-bond donors (Lipinski definition) is 0. The lowest BCUT2D eigenvalue weighted by Gasteiger charge is -2.42. The molecule has 3 aromatic carbocycles. The van der Waals surface area contributed by atoms with Crippen LogP contribution in [0.5, 0.6) is 11.5 Å². The number of aryl methyl sites for hydroxylation is 1. The zero-order chi connectivity index (χ0) is 14.6. The maximum Gasteiger partial charge on any atom is 0.278 e. The first-order valence-electron chi connectivity index (χ1n) is 7.84. The highest BCUT2D eigenvalue weighted by atomic mass is 16.7. The lowest BCUT2D eigenvalue weighted by atomic mass is 9.86. The molecule has 2 heteroatoms. The van der Waals surface area contributed by atoms with Gasteiger partial charge in [0.15, 0.2) is 0 Å². The fourth-order valence-corrected chi connectivity index (χ4v) is 3.79. The fourth-order valence-electron chi connectivity index (χ4n) is 3.79. The van der Waals surface area contributed by atoms with Crippen molar-refractivity contribution in [1.82, 2.24) is 0 Å². The van der Waals surface area contributed by atoms with Crippen LogP contribution in [0.15, 0.2) is 60.7 Å². The van der Waals surface area contributed by atoms with Crippen LogP contribution in [0.4, 0.5) is 0 Å². The van der Waals surface area contributed by atoms with Crippen LogP contribution in [0.25, 0.3) is 10.8 Å². The summed E-state index contributed by atoms with van der Waals surface area (Å²) in [5, 5.41) is 2.24. The molecule has 1 spiro atoms. The van der Waals surface area contributed by atoms with Crippen molar-refractivity contribution in [2.24, 2.45) is 0 Å². The summed E-state index contributed by atoms with van der Waals surface area (Å²) in [7, 11) is 0. The molecule has 2 nitrogen and oxygen atoms in total. The Balaban J connectivity index is 1.75. The second-order valence-corrected chi connectivity index (χ2v) is 6.08. The SMILES string of the molecule is c1ccc2c(c1)CCCC21Oc2cccc3cccc(c23)O1. The highest BCUT2D eigenvalue weighted by Gasteiger charge is 2.44. The largest absolute Gasteiger partial charge is 0.447 e. The van der Waals surface area contributed by atoms with E-state index in [9.17, 15) is 0 Å². The summed E-state index contributed by atoms with van der Waals surface area (Å²) < 4.78 is 12.9. The number of fused-ring (bicyclic) bond motifs is 2. The van der Waals surface area contributed by atoms with E-state index in [1.54, 1.807) is 0 Å². The molecule has 1 aliphatic heterocycles. The lowest BCUT2D eigenvalue weighted by Crippen LogP contribution is -2.44. The van der Waals surface area contributed by atoms with Crippen LogP contribution in [-0.4, -0.2) is 0 Å². The van der Waals surface area contributed by atoms with Gasteiger partial charge in [0.25, 0.3) is 5.79 Å². The van der Waals surface area contributed by atoms with Crippen molar-refractivity contribution in [2.45, 2.75) is 25.0 Å². The van der Waals surface area contributed by atoms with Crippen molar-refractivity contribution >= 4 is 10.8 Å². The average Bonchev–Trinajstić information content (AvgIpc) is 2.56. The molecule has 0 bridgehead atoms. The molecule has 0 N–H and O–H groups in total. The van der Waals surface area contributed by atoms with Crippen LogP contribution in [-0.2, 0) is 12.2 Å². The Hall–Kier alpha value is -2.48. The van der Waals surface area contributed by atoms with E-state index in [1.807, 2.05) is 12.1 Å². The molecule has 0 aromatic heterocycles. The van der Waals surface area contributed by atoms with Crippen LogP contribution in [0.1, 0.15) is 24.0 Å². The Morgan fingerprint density at radius 3 is 2.27 bits per heavy atom. The maximum atomic E-state index is 6.44. The van der Waals surface area contributed by atoms with E-state index in [0.717, 1.165) is 41.5 Å². The smallest absolute Gasteiger partial charge is 0.278 e. The molecule has 0 fully saturated rings. The van der Waals surface area contributed by atoms with E-state index in [-0.39, 0.29) is 0 Å². The lowest BCUT2D eigenvalue weighted by molar-refractivity contribution is -0.138. The Bertz CT molecular complexity index is 841. The summed E-state index contributed by atoms with van der Waals surface area (Å²) >= 11 is 0. The van der Waals surface area contributed by atoms with Gasteiger partial charge in [-0.2, -0.15) is 0 Å². The highest BCUT2D eigenvalue weighted by Crippen LogP contribution is 2.48. The van der Waals surface area contributed by atoms with Crippen LogP contribution in [0.3, 0.4) is 0 Å². The van der Waals surface area contributed by atoms with Gasteiger partial charge in [0.05, 0.1) is 5.39 Å². The third-order valence-corrected chi connectivity index (χ3v) is 4.76. The fraction of sp³-hybridized carbons (Fsp3) is 0.200. The number of hydrogen-bond acceptors (Lipinski definition) is 2. The first-order valence-corrected chi connectivity index (χ1v) is 7.84. The molecule has 1 aliphatic carbocycles. The number of ether oxygens (including phenoxy) is 2. The highest BCUT2D eigenvalue weighted by molar-refractivity contribution is 5.94. The summed E-state index contributed by atoms with van der Waals surface area (Å²) in [6, 6.07) is 20.9. The molecule has 0 saturated heterocycles. The van der Waals surface area contributed by atoms with Gasteiger partial charge in [-0.15, -0.1) is 0 Å². The minimum Gasteiger partial charge on any atom is -0.447 e. The van der Waals surface area contributed by atoms with Gasteiger partial charge in [0, 0.05) is 12.0 Å². The standard InChI is InChI=1S/C20H16O2/c1-2-10-16-14(6-1)9-5-13-20(16)21-17-11-3-7-15-8-4-12-18(22-20)19(15)17/h1-4,6-8,10-12H,5,9,13H2. The van der Waals surface area contributed by atoms with Crippen molar-refractivity contribution in [3.8, 4) is 11.5 Å². The third-order valence-electron chi connectivity index (χ3n) is 4.76. The predicted molar refractivity (Wildman–Crippen MR) is 86.3 cm³/mol. The molecular weight excluding hydrogens is 272 g/mol. The van der Waals surface area contributed by atoms with Crippen molar-refractivity contribution in [2.75, 3.05) is 0 Å². The van der Waals surface area contributed by atoms with Gasteiger partial charge in [-0.3, -0.25) is 0 Å². The quantitative estimate of drug-likeness (QED) is 0.591. The molecule has 0 radical (unpaired) electrons. The third kappa shape index (κ3) is 1.55. The normalized spacial score (nSPS) is 17.6. The van der Waals surface area contributed by atoms with E-state index in [0.29, 0.717) is 0 Å². The van der Waals surface area contributed by atoms with E-state index in [2.05, 4.69) is 48.5 Å². The maximum absolute atomic E-state index is 6.44. The van der Waals surface area contributed by atoms with Crippen LogP contribution in [0.2, 0.25) is 0 Å². The van der Waals surface area contributed by atoms with Gasteiger partial charge >= 0.3 is 0 Å². The first kappa shape index (κ1) is 12.1. The molecule has 3 aromatic rings. The van der Waals surface area contributed by atoms with E-state index in [4.69, 9.17) is 9.47 Å². The summed E-state index contributed by atoms with van der Waals surface area (Å²) in [5.41, 5.74) is 2.51. The molecule has 0 atom stereocenters. The first-order chi connectivity index (χ1) is 10.9. The summed E-state index contributed by atoms with van der Waals surface area (Å²) in [4.78, 5) is 0. The molecule has 0 saturated carbocycles. The second-order valence-electron chi connectivity index (χ2n) is 6.08. The van der Waals surface area contributed by atoms with Gasteiger partial charge in [-0.05, 0) is 35.9 Å². The van der Waals surface area contributed by atoms with Gasteiger partial charge in [0.1, 0.15) is 11.5 Å². The zero-order valence-electron chi connectivity index (χ0n) is 12.2. The molecule has 0 unspecified atom stereocenters. The van der Waals surface area contributed by atoms with Crippen LogP contribution < -0.4 is 9.47 Å². The molecular formula is C20H16O2. The van der Waals surface area contributed by atoms with Crippen molar-refractivity contribution in [3.05, 3.63) is 71.8 Å². The monoisotopic (exact) mass is 288 g/mol. The van der Waals surface area contributed by atoms with Crippen LogP contribution >= 0.6 is 0 Å². The Morgan fingerprint density at radius 1 is 0.773 bits per heavy atom. The van der Waals surface area contributed by atoms with Crippen molar-refractivity contribution in [1.29, 1.82) is 0 Å². The summed E-state index contributed by atoms with van der Waals surface area (Å²) in [6.45, 7) is 0. The Kier molecular flexibility index (Phi) is 2.34. The molecule has 108 valence electrons. The predicted octanol–water partition coefficient (Wildman–Crippen LogP) is 4.80. The summed E-state index contributed by atoms with van der Waals surface area (Å²) in [6.07, 6.45) is 3.06. The van der Waals surface area contributed by atoms with E-state index < -0.39 is 5.79 Å². The van der Waals surface area contributed by atoms with Crippen molar-refractivity contribution < 1.29 is 9.47 Å². The average molecular weight is 288 g/mol. The Morgan fingerprint density at radius 2 is 1.50 bits per heavy atom. The van der Waals surface area contributed by atoms with Gasteiger partial charge < -0.3 is 9.47 Å². The molecule has 5 rings (SSSR count).